The average Bonchev–Trinajstić information content (AvgIpc) is 2.24. The van der Waals surface area contributed by atoms with Gasteiger partial charge in [0, 0.05) is 27.3 Å². The Labute approximate surface area is 96.3 Å². The Hall–Kier alpha value is -1.14. The number of carbonyl (C=O) groups is 2. The smallest absolute Gasteiger partial charge is 0.234 e. The number of likely N-dealkylation sites (N-methyl/N-ethyl adjacent to an activating group) is 2. The fourth-order valence-corrected chi connectivity index (χ4v) is 1.13. The van der Waals surface area contributed by atoms with E-state index in [4.69, 9.17) is 4.74 Å². The highest BCUT2D eigenvalue weighted by molar-refractivity contribution is 5.80. The molecule has 0 aliphatic heterocycles. The van der Waals surface area contributed by atoms with Gasteiger partial charge in [-0.3, -0.25) is 14.5 Å². The number of rotatable bonds is 8. The van der Waals surface area contributed by atoms with E-state index in [1.54, 1.807) is 26.1 Å². The van der Waals surface area contributed by atoms with Crippen LogP contribution < -0.4 is 10.6 Å². The van der Waals surface area contributed by atoms with Crippen molar-refractivity contribution in [2.24, 2.45) is 0 Å². The van der Waals surface area contributed by atoms with E-state index in [0.717, 1.165) is 6.42 Å². The van der Waals surface area contributed by atoms with E-state index in [0.29, 0.717) is 13.2 Å². The first-order valence-corrected chi connectivity index (χ1v) is 5.25. The average molecular weight is 231 g/mol. The molecular weight excluding hydrogens is 210 g/mol. The molecule has 0 saturated carbocycles. The third-order valence-electron chi connectivity index (χ3n) is 1.95. The molecule has 0 fully saturated rings. The zero-order valence-corrected chi connectivity index (χ0v) is 10.2. The molecule has 2 amide bonds. The summed E-state index contributed by atoms with van der Waals surface area (Å²) in [6, 6.07) is 0. The summed E-state index contributed by atoms with van der Waals surface area (Å²) < 4.78 is 4.86. The number of amides is 2. The van der Waals surface area contributed by atoms with Gasteiger partial charge in [-0.25, -0.2) is 0 Å². The Morgan fingerprint density at radius 1 is 1.25 bits per heavy atom. The zero-order chi connectivity index (χ0) is 12.4. The normalized spacial score (nSPS) is 10.2. The summed E-state index contributed by atoms with van der Waals surface area (Å²) in [4.78, 5) is 24.0. The largest absolute Gasteiger partial charge is 0.385 e. The Balaban J connectivity index is 3.58. The minimum absolute atomic E-state index is 0.0810. The Kier molecular flexibility index (Phi) is 8.46. The molecule has 2 N–H and O–H groups in total. The highest BCUT2D eigenvalue weighted by Crippen LogP contribution is 1.83. The number of carbonyl (C=O) groups excluding carboxylic acids is 2. The van der Waals surface area contributed by atoms with Crippen molar-refractivity contribution in [3.63, 3.8) is 0 Å². The zero-order valence-electron chi connectivity index (χ0n) is 10.2. The fraction of sp³-hybridized carbons (Fsp3) is 0.800. The van der Waals surface area contributed by atoms with Crippen LogP contribution in [0.25, 0.3) is 0 Å². The van der Waals surface area contributed by atoms with E-state index in [9.17, 15) is 9.59 Å². The predicted octanol–water partition coefficient (Wildman–Crippen LogP) is -1.18. The summed E-state index contributed by atoms with van der Waals surface area (Å²) in [5, 5.41) is 5.25. The summed E-state index contributed by atoms with van der Waals surface area (Å²) in [5.41, 5.74) is 0. The molecule has 0 bridgehead atoms. The van der Waals surface area contributed by atoms with Crippen LogP contribution in [0.1, 0.15) is 6.42 Å². The van der Waals surface area contributed by atoms with E-state index < -0.39 is 0 Å². The van der Waals surface area contributed by atoms with Crippen molar-refractivity contribution in [3.05, 3.63) is 0 Å². The number of nitrogens with one attached hydrogen (secondary N) is 2. The molecule has 0 atom stereocenters. The van der Waals surface area contributed by atoms with Gasteiger partial charge in [0.1, 0.15) is 0 Å². The van der Waals surface area contributed by atoms with E-state index in [2.05, 4.69) is 10.6 Å². The quantitative estimate of drug-likeness (QED) is 0.516. The Morgan fingerprint density at radius 3 is 2.44 bits per heavy atom. The maximum atomic E-state index is 11.4. The van der Waals surface area contributed by atoms with Crippen LogP contribution in [0.2, 0.25) is 0 Å². The van der Waals surface area contributed by atoms with E-state index in [1.807, 2.05) is 0 Å². The molecule has 0 aromatic heterocycles. The standard InChI is InChI=1S/C10H21N3O3/c1-11-9(14)7-13(2)8-10(15)12-5-4-6-16-3/h4-8H2,1-3H3,(H,11,14)(H,12,15). The summed E-state index contributed by atoms with van der Waals surface area (Å²) in [6.45, 7) is 1.68. The molecule has 0 radical (unpaired) electrons. The van der Waals surface area contributed by atoms with Gasteiger partial charge >= 0.3 is 0 Å². The summed E-state index contributed by atoms with van der Waals surface area (Å²) in [7, 11) is 4.92. The number of hydrogen-bond acceptors (Lipinski definition) is 4. The molecule has 0 spiro atoms. The molecule has 0 aromatic carbocycles. The SMILES string of the molecule is CNC(=O)CN(C)CC(=O)NCCCOC. The van der Waals surface area contributed by atoms with Gasteiger partial charge in [0.15, 0.2) is 0 Å². The first-order chi connectivity index (χ1) is 7.60. The Bertz CT molecular complexity index is 221. The van der Waals surface area contributed by atoms with Gasteiger partial charge < -0.3 is 15.4 Å². The highest BCUT2D eigenvalue weighted by Gasteiger charge is 2.08. The predicted molar refractivity (Wildman–Crippen MR) is 61.1 cm³/mol. The molecule has 0 heterocycles. The van der Waals surface area contributed by atoms with Crippen LogP contribution in [0.5, 0.6) is 0 Å². The van der Waals surface area contributed by atoms with Crippen molar-refractivity contribution in [3.8, 4) is 0 Å². The minimum atomic E-state index is -0.102. The lowest BCUT2D eigenvalue weighted by atomic mass is 10.4. The van der Waals surface area contributed by atoms with Crippen molar-refractivity contribution in [2.75, 3.05) is 47.4 Å². The topological polar surface area (TPSA) is 70.7 Å². The molecule has 16 heavy (non-hydrogen) atoms. The van der Waals surface area contributed by atoms with Crippen molar-refractivity contribution >= 4 is 11.8 Å². The second-order valence-electron chi connectivity index (χ2n) is 3.54. The molecule has 0 saturated heterocycles. The van der Waals surface area contributed by atoms with Crippen LogP contribution in [-0.2, 0) is 14.3 Å². The van der Waals surface area contributed by atoms with E-state index in [1.165, 1.54) is 0 Å². The second-order valence-corrected chi connectivity index (χ2v) is 3.54. The van der Waals surface area contributed by atoms with Crippen LogP contribution in [0.4, 0.5) is 0 Å². The van der Waals surface area contributed by atoms with Crippen LogP contribution in [-0.4, -0.2) is 64.2 Å². The molecule has 0 aliphatic rings. The van der Waals surface area contributed by atoms with Crippen molar-refractivity contribution in [2.45, 2.75) is 6.42 Å². The molecule has 94 valence electrons. The van der Waals surface area contributed by atoms with Crippen LogP contribution >= 0.6 is 0 Å². The van der Waals surface area contributed by atoms with E-state index in [-0.39, 0.29) is 24.9 Å². The summed E-state index contributed by atoms with van der Waals surface area (Å²) >= 11 is 0. The molecular formula is C10H21N3O3. The van der Waals surface area contributed by atoms with Crippen LogP contribution in [0.3, 0.4) is 0 Å². The van der Waals surface area contributed by atoms with Crippen molar-refractivity contribution in [1.29, 1.82) is 0 Å². The monoisotopic (exact) mass is 231 g/mol. The van der Waals surface area contributed by atoms with Crippen LogP contribution in [0, 0.1) is 0 Å². The number of ether oxygens (including phenoxy) is 1. The molecule has 0 rings (SSSR count). The van der Waals surface area contributed by atoms with Gasteiger partial charge in [-0.15, -0.1) is 0 Å². The van der Waals surface area contributed by atoms with Gasteiger partial charge in [0.2, 0.25) is 11.8 Å². The maximum absolute atomic E-state index is 11.4. The highest BCUT2D eigenvalue weighted by atomic mass is 16.5. The lowest BCUT2D eigenvalue weighted by Crippen LogP contribution is -2.40. The van der Waals surface area contributed by atoms with Gasteiger partial charge in [-0.2, -0.15) is 0 Å². The fourth-order valence-electron chi connectivity index (χ4n) is 1.13. The summed E-state index contributed by atoms with van der Waals surface area (Å²) in [6.07, 6.45) is 0.793. The maximum Gasteiger partial charge on any atom is 0.234 e. The molecule has 0 unspecified atom stereocenters. The third-order valence-corrected chi connectivity index (χ3v) is 1.95. The van der Waals surface area contributed by atoms with Crippen molar-refractivity contribution in [1.82, 2.24) is 15.5 Å². The minimum Gasteiger partial charge on any atom is -0.385 e. The van der Waals surface area contributed by atoms with Gasteiger partial charge in [0.25, 0.3) is 0 Å². The first-order valence-electron chi connectivity index (χ1n) is 5.25. The lowest BCUT2D eigenvalue weighted by Gasteiger charge is -2.14. The van der Waals surface area contributed by atoms with Crippen molar-refractivity contribution < 1.29 is 14.3 Å². The van der Waals surface area contributed by atoms with Gasteiger partial charge in [0.05, 0.1) is 13.1 Å². The Morgan fingerprint density at radius 2 is 1.88 bits per heavy atom. The number of methoxy groups -OCH3 is 1. The number of nitrogens with zero attached hydrogens (tertiary/aromatic N) is 1. The van der Waals surface area contributed by atoms with Gasteiger partial charge in [-0.1, -0.05) is 0 Å². The lowest BCUT2D eigenvalue weighted by molar-refractivity contribution is -0.124. The number of hydrogen-bond donors (Lipinski definition) is 2. The van der Waals surface area contributed by atoms with Gasteiger partial charge in [-0.05, 0) is 13.5 Å². The second kappa shape index (κ2) is 9.11. The molecule has 6 heteroatoms. The first kappa shape index (κ1) is 14.9. The third kappa shape index (κ3) is 8.19. The summed E-state index contributed by atoms with van der Waals surface area (Å²) in [5.74, 6) is -0.183. The van der Waals surface area contributed by atoms with E-state index >= 15 is 0 Å². The molecule has 0 aromatic rings. The molecule has 6 nitrogen and oxygen atoms in total. The molecule has 0 aliphatic carbocycles. The van der Waals surface area contributed by atoms with Crippen LogP contribution in [0.15, 0.2) is 0 Å².